The molecule has 0 saturated heterocycles. The molecule has 0 bridgehead atoms. The van der Waals surface area contributed by atoms with Gasteiger partial charge in [0.25, 0.3) is 0 Å². The van der Waals surface area contributed by atoms with Crippen molar-refractivity contribution in [2.24, 2.45) is 0 Å². The third-order valence-electron chi connectivity index (χ3n) is 8.10. The van der Waals surface area contributed by atoms with Gasteiger partial charge in [0.15, 0.2) is 5.60 Å². The van der Waals surface area contributed by atoms with E-state index in [1.165, 1.54) is 38.8 Å². The number of ether oxygens (including phenoxy) is 1. The first-order valence-corrected chi connectivity index (χ1v) is 12.7. The van der Waals surface area contributed by atoms with Gasteiger partial charge < -0.3 is 4.74 Å². The molecule has 1 aliphatic carbocycles. The van der Waals surface area contributed by atoms with Crippen LogP contribution in [0.4, 0.5) is 0 Å². The fourth-order valence-electron chi connectivity index (χ4n) is 6.40. The fourth-order valence-corrected chi connectivity index (χ4v) is 6.40. The van der Waals surface area contributed by atoms with Gasteiger partial charge >= 0.3 is 0 Å². The Balaban J connectivity index is 1.57. The summed E-state index contributed by atoms with van der Waals surface area (Å²) in [5.41, 5.74) is 9.38. The lowest BCUT2D eigenvalue weighted by Crippen LogP contribution is -2.35. The zero-order valence-corrected chi connectivity index (χ0v) is 20.9. The molecule has 0 fully saturated rings. The van der Waals surface area contributed by atoms with Crippen LogP contribution in [0.3, 0.4) is 0 Å². The molecule has 1 heterocycles. The van der Waals surface area contributed by atoms with E-state index < -0.39 is 5.60 Å². The minimum Gasteiger partial charge on any atom is -0.472 e. The highest BCUT2D eigenvalue weighted by Crippen LogP contribution is 2.58. The molecule has 0 unspecified atom stereocenters. The van der Waals surface area contributed by atoms with Crippen LogP contribution in [0.25, 0.3) is 28.0 Å². The van der Waals surface area contributed by atoms with Gasteiger partial charge in [-0.25, -0.2) is 0 Å². The highest BCUT2D eigenvalue weighted by molar-refractivity contribution is 6.08. The van der Waals surface area contributed by atoms with Gasteiger partial charge in [-0.15, -0.1) is 0 Å². The first kappa shape index (κ1) is 21.2. The van der Waals surface area contributed by atoms with Crippen LogP contribution in [0.15, 0.2) is 109 Å². The smallest absolute Gasteiger partial charge is 0.178 e. The topological polar surface area (TPSA) is 9.23 Å². The highest BCUT2D eigenvalue weighted by Gasteiger charge is 2.44. The third kappa shape index (κ3) is 2.77. The Labute approximate surface area is 212 Å². The van der Waals surface area contributed by atoms with Gasteiger partial charge in [0.05, 0.1) is 0 Å². The Morgan fingerprint density at radius 3 is 1.94 bits per heavy atom. The molecule has 0 radical (unpaired) electrons. The molecule has 5 aromatic rings. The Kier molecular flexibility index (Phi) is 4.39. The zero-order chi connectivity index (χ0) is 24.5. The Bertz CT molecular complexity index is 1630. The summed E-state index contributed by atoms with van der Waals surface area (Å²) in [6.45, 7) is 6.90. The second-order valence-corrected chi connectivity index (χ2v) is 10.6. The Morgan fingerprint density at radius 2 is 1.28 bits per heavy atom. The molecule has 0 amide bonds. The lowest BCUT2D eigenvalue weighted by atomic mass is 9.76. The quantitative estimate of drug-likeness (QED) is 0.254. The van der Waals surface area contributed by atoms with Crippen molar-refractivity contribution < 1.29 is 4.74 Å². The molecule has 0 aromatic heterocycles. The average Bonchev–Trinajstić information content (AvgIpc) is 3.16. The average molecular weight is 465 g/mol. The predicted octanol–water partition coefficient (Wildman–Crippen LogP) is 8.80. The summed E-state index contributed by atoms with van der Waals surface area (Å²) in [7, 11) is 0. The zero-order valence-electron chi connectivity index (χ0n) is 20.9. The van der Waals surface area contributed by atoms with Crippen LogP contribution in [0.1, 0.15) is 47.2 Å². The molecule has 2 aliphatic rings. The molecular weight excluding hydrogens is 436 g/mol. The van der Waals surface area contributed by atoms with E-state index in [-0.39, 0.29) is 5.41 Å². The minimum atomic E-state index is -0.696. The minimum absolute atomic E-state index is 0.127. The standard InChI is InChI=1S/C35H28O/c1-23-18-19-28-30(22-23)34(2,3)32-29-20-21-35(24-12-6-4-7-13-24,25-14-8-5-9-15-25)36-33(29)27-17-11-10-16-26(27)31(28)32/h4-22H,1-3H3. The number of aryl methyl sites for hydroxylation is 1. The van der Waals surface area contributed by atoms with Crippen LogP contribution >= 0.6 is 0 Å². The van der Waals surface area contributed by atoms with Gasteiger partial charge in [0.1, 0.15) is 5.75 Å². The molecular formula is C35H28O. The number of fused-ring (bicyclic) bond motifs is 8. The summed E-state index contributed by atoms with van der Waals surface area (Å²) >= 11 is 0. The normalized spacial score (nSPS) is 16.2. The molecule has 36 heavy (non-hydrogen) atoms. The van der Waals surface area contributed by atoms with Crippen molar-refractivity contribution in [2.75, 3.05) is 0 Å². The van der Waals surface area contributed by atoms with E-state index in [1.54, 1.807) is 0 Å². The van der Waals surface area contributed by atoms with Crippen molar-refractivity contribution in [3.05, 3.63) is 143 Å². The molecule has 1 aliphatic heterocycles. The third-order valence-corrected chi connectivity index (χ3v) is 8.10. The van der Waals surface area contributed by atoms with Crippen LogP contribution in [0.2, 0.25) is 0 Å². The van der Waals surface area contributed by atoms with Crippen LogP contribution in [0.5, 0.6) is 5.75 Å². The molecule has 1 nitrogen and oxygen atoms in total. The first-order valence-electron chi connectivity index (χ1n) is 12.7. The van der Waals surface area contributed by atoms with Crippen LogP contribution in [-0.2, 0) is 11.0 Å². The van der Waals surface area contributed by atoms with E-state index in [0.29, 0.717) is 0 Å². The molecule has 7 rings (SSSR count). The van der Waals surface area contributed by atoms with Gasteiger partial charge in [-0.3, -0.25) is 0 Å². The Morgan fingerprint density at radius 1 is 0.667 bits per heavy atom. The maximum atomic E-state index is 7.26. The molecule has 0 N–H and O–H groups in total. The van der Waals surface area contributed by atoms with Crippen LogP contribution < -0.4 is 4.74 Å². The van der Waals surface area contributed by atoms with Gasteiger partial charge in [-0.2, -0.15) is 0 Å². The lowest BCUT2D eigenvalue weighted by Gasteiger charge is -2.38. The molecule has 0 atom stereocenters. The van der Waals surface area contributed by atoms with Gasteiger partial charge in [0.2, 0.25) is 0 Å². The number of hydrogen-bond acceptors (Lipinski definition) is 1. The maximum Gasteiger partial charge on any atom is 0.178 e. The summed E-state index contributed by atoms with van der Waals surface area (Å²) in [6, 6.07) is 36.8. The molecule has 1 heteroatoms. The van der Waals surface area contributed by atoms with Gasteiger partial charge in [-0.1, -0.05) is 129 Å². The Hall–Kier alpha value is -4.10. The predicted molar refractivity (Wildman–Crippen MR) is 150 cm³/mol. The summed E-state index contributed by atoms with van der Waals surface area (Å²) in [6.07, 6.45) is 4.59. The van der Waals surface area contributed by atoms with Crippen molar-refractivity contribution in [3.8, 4) is 16.9 Å². The van der Waals surface area contributed by atoms with Gasteiger partial charge in [-0.05, 0) is 40.6 Å². The van der Waals surface area contributed by atoms with Gasteiger partial charge in [0, 0.05) is 27.5 Å². The first-order chi connectivity index (χ1) is 17.5. The SMILES string of the molecule is Cc1ccc2c(c1)C(C)(C)c1c3c(c4ccccc4c1-2)OC(c1ccccc1)(c1ccccc1)C=C3. The summed E-state index contributed by atoms with van der Waals surface area (Å²) in [5, 5.41) is 2.42. The number of benzene rings is 5. The number of hydrogen-bond donors (Lipinski definition) is 0. The second kappa shape index (κ2) is 7.45. The van der Waals surface area contributed by atoms with Crippen molar-refractivity contribution >= 4 is 16.8 Å². The van der Waals surface area contributed by atoms with Crippen molar-refractivity contribution in [2.45, 2.75) is 31.8 Å². The van der Waals surface area contributed by atoms with E-state index in [1.807, 2.05) is 0 Å². The summed E-state index contributed by atoms with van der Waals surface area (Å²) in [4.78, 5) is 0. The highest BCUT2D eigenvalue weighted by atomic mass is 16.5. The fraction of sp³-hybridized carbons (Fsp3) is 0.143. The van der Waals surface area contributed by atoms with Crippen LogP contribution in [-0.4, -0.2) is 0 Å². The lowest BCUT2D eigenvalue weighted by molar-refractivity contribution is 0.163. The van der Waals surface area contributed by atoms with Crippen molar-refractivity contribution in [3.63, 3.8) is 0 Å². The van der Waals surface area contributed by atoms with Crippen molar-refractivity contribution in [1.82, 2.24) is 0 Å². The van der Waals surface area contributed by atoms with E-state index in [4.69, 9.17) is 4.74 Å². The van der Waals surface area contributed by atoms with E-state index in [2.05, 4.69) is 136 Å². The second-order valence-electron chi connectivity index (χ2n) is 10.6. The van der Waals surface area contributed by atoms with E-state index in [9.17, 15) is 0 Å². The van der Waals surface area contributed by atoms with Crippen molar-refractivity contribution in [1.29, 1.82) is 0 Å². The van der Waals surface area contributed by atoms with E-state index in [0.717, 1.165) is 22.3 Å². The molecule has 174 valence electrons. The maximum absolute atomic E-state index is 7.26. The monoisotopic (exact) mass is 464 g/mol. The number of rotatable bonds is 2. The molecule has 5 aromatic carbocycles. The summed E-state index contributed by atoms with van der Waals surface area (Å²) in [5.74, 6) is 0.970. The largest absolute Gasteiger partial charge is 0.472 e. The molecule has 0 spiro atoms. The summed E-state index contributed by atoms with van der Waals surface area (Å²) < 4.78 is 7.26. The van der Waals surface area contributed by atoms with E-state index >= 15 is 0 Å². The molecule has 0 saturated carbocycles. The van der Waals surface area contributed by atoms with Crippen LogP contribution in [0, 0.1) is 6.92 Å².